The van der Waals surface area contributed by atoms with Crippen LogP contribution >= 0.6 is 15.9 Å². The largest absolute Gasteiger partial charge is 0.388 e. The maximum absolute atomic E-state index is 7.62. The first-order valence-electron chi connectivity index (χ1n) is 3.87. The van der Waals surface area contributed by atoms with E-state index in [0.29, 0.717) is 5.71 Å². The van der Waals surface area contributed by atoms with Crippen LogP contribution in [-0.2, 0) is 0 Å². The fourth-order valence-electron chi connectivity index (χ4n) is 1.07. The number of benzene rings is 1. The van der Waals surface area contributed by atoms with Crippen molar-refractivity contribution in [3.63, 3.8) is 0 Å². The zero-order valence-corrected chi connectivity index (χ0v) is 8.98. The first-order chi connectivity index (χ1) is 6.19. The van der Waals surface area contributed by atoms with E-state index in [-0.39, 0.29) is 0 Å². The molecular formula is C10H11BrN2. The number of halogens is 1. The average Bonchev–Trinajstić information content (AvgIpc) is 2.16. The standard InChI is InChI=1S/C10H11BrN2/c1-3-9(12)8-5-4-7(11)6-10(8)13-2/h3-6,12-13H,1H2,2H3. The number of hydrogen-bond donors (Lipinski definition) is 2. The van der Waals surface area contributed by atoms with Crippen LogP contribution in [0.3, 0.4) is 0 Å². The van der Waals surface area contributed by atoms with Gasteiger partial charge in [0.15, 0.2) is 0 Å². The Bertz CT molecular complexity index is 345. The molecule has 1 rings (SSSR count). The number of hydrogen-bond acceptors (Lipinski definition) is 2. The minimum Gasteiger partial charge on any atom is -0.388 e. The van der Waals surface area contributed by atoms with Crippen LogP contribution in [0.25, 0.3) is 0 Å². The first-order valence-corrected chi connectivity index (χ1v) is 4.67. The monoisotopic (exact) mass is 238 g/mol. The van der Waals surface area contributed by atoms with Gasteiger partial charge in [0, 0.05) is 22.8 Å². The summed E-state index contributed by atoms with van der Waals surface area (Å²) in [4.78, 5) is 0. The molecule has 0 aromatic heterocycles. The molecule has 0 fully saturated rings. The van der Waals surface area contributed by atoms with Crippen LogP contribution < -0.4 is 5.32 Å². The Kier molecular flexibility index (Phi) is 3.25. The Morgan fingerprint density at radius 2 is 2.31 bits per heavy atom. The van der Waals surface area contributed by atoms with Crippen LogP contribution in [0, 0.1) is 5.41 Å². The summed E-state index contributed by atoms with van der Waals surface area (Å²) in [5, 5.41) is 10.7. The van der Waals surface area contributed by atoms with E-state index in [1.54, 1.807) is 0 Å². The van der Waals surface area contributed by atoms with E-state index in [0.717, 1.165) is 15.7 Å². The zero-order valence-electron chi connectivity index (χ0n) is 7.39. The lowest BCUT2D eigenvalue weighted by molar-refractivity contribution is 1.44. The number of anilines is 1. The van der Waals surface area contributed by atoms with Crippen molar-refractivity contribution in [2.75, 3.05) is 12.4 Å². The van der Waals surface area contributed by atoms with Gasteiger partial charge in [-0.2, -0.15) is 0 Å². The fourth-order valence-corrected chi connectivity index (χ4v) is 1.43. The summed E-state index contributed by atoms with van der Waals surface area (Å²) in [6, 6.07) is 5.74. The van der Waals surface area contributed by atoms with Gasteiger partial charge in [0.25, 0.3) is 0 Å². The van der Waals surface area contributed by atoms with Gasteiger partial charge >= 0.3 is 0 Å². The lowest BCUT2D eigenvalue weighted by atomic mass is 10.1. The second-order valence-corrected chi connectivity index (χ2v) is 3.47. The summed E-state index contributed by atoms with van der Waals surface area (Å²) in [6.45, 7) is 3.57. The fraction of sp³-hybridized carbons (Fsp3) is 0.100. The highest BCUT2D eigenvalue weighted by molar-refractivity contribution is 9.10. The van der Waals surface area contributed by atoms with Gasteiger partial charge in [-0.3, -0.25) is 0 Å². The van der Waals surface area contributed by atoms with Crippen LogP contribution in [-0.4, -0.2) is 12.8 Å². The highest BCUT2D eigenvalue weighted by Gasteiger charge is 2.03. The van der Waals surface area contributed by atoms with Crippen molar-refractivity contribution in [2.45, 2.75) is 0 Å². The molecule has 3 heteroatoms. The van der Waals surface area contributed by atoms with E-state index in [1.165, 1.54) is 6.08 Å². The molecule has 68 valence electrons. The minimum atomic E-state index is 0.428. The van der Waals surface area contributed by atoms with Crippen molar-refractivity contribution >= 4 is 27.3 Å². The van der Waals surface area contributed by atoms with Crippen LogP contribution in [0.1, 0.15) is 5.56 Å². The van der Waals surface area contributed by atoms with Crippen molar-refractivity contribution < 1.29 is 0 Å². The van der Waals surface area contributed by atoms with Gasteiger partial charge < -0.3 is 10.7 Å². The minimum absolute atomic E-state index is 0.428. The second-order valence-electron chi connectivity index (χ2n) is 2.56. The predicted molar refractivity (Wildman–Crippen MR) is 60.7 cm³/mol. The van der Waals surface area contributed by atoms with Gasteiger partial charge in [0.05, 0.1) is 5.71 Å². The molecule has 0 radical (unpaired) electrons. The maximum Gasteiger partial charge on any atom is 0.0627 e. The highest BCUT2D eigenvalue weighted by Crippen LogP contribution is 2.21. The molecule has 0 atom stereocenters. The Morgan fingerprint density at radius 3 is 2.85 bits per heavy atom. The zero-order chi connectivity index (χ0) is 9.84. The third kappa shape index (κ3) is 2.18. The predicted octanol–water partition coefficient (Wildman–Crippen LogP) is 3.04. The molecule has 0 aliphatic carbocycles. The molecule has 0 spiro atoms. The Morgan fingerprint density at radius 1 is 1.62 bits per heavy atom. The van der Waals surface area contributed by atoms with Crippen molar-refractivity contribution in [1.82, 2.24) is 0 Å². The van der Waals surface area contributed by atoms with Crippen LogP contribution in [0.15, 0.2) is 35.3 Å². The first kappa shape index (κ1) is 9.99. The maximum atomic E-state index is 7.62. The molecule has 13 heavy (non-hydrogen) atoms. The van der Waals surface area contributed by atoms with Crippen molar-refractivity contribution in [2.24, 2.45) is 0 Å². The van der Waals surface area contributed by atoms with Crippen molar-refractivity contribution in [3.8, 4) is 0 Å². The Balaban J connectivity index is 3.20. The van der Waals surface area contributed by atoms with Gasteiger partial charge in [-0.1, -0.05) is 22.5 Å². The lowest BCUT2D eigenvalue weighted by Crippen LogP contribution is -2.00. The van der Waals surface area contributed by atoms with E-state index in [2.05, 4.69) is 27.8 Å². The van der Waals surface area contributed by atoms with Gasteiger partial charge in [-0.25, -0.2) is 0 Å². The molecule has 1 aromatic carbocycles. The summed E-state index contributed by atoms with van der Waals surface area (Å²) < 4.78 is 0.998. The topological polar surface area (TPSA) is 35.9 Å². The normalized spacial score (nSPS) is 9.38. The Labute approximate surface area is 86.3 Å². The summed E-state index contributed by atoms with van der Waals surface area (Å²) in [6.07, 6.45) is 1.53. The molecule has 1 aromatic rings. The van der Waals surface area contributed by atoms with E-state index in [9.17, 15) is 0 Å². The molecule has 0 bridgehead atoms. The Hall–Kier alpha value is -1.09. The van der Waals surface area contributed by atoms with Crippen LogP contribution in [0.5, 0.6) is 0 Å². The summed E-state index contributed by atoms with van der Waals surface area (Å²) in [7, 11) is 1.83. The van der Waals surface area contributed by atoms with Crippen molar-refractivity contribution in [1.29, 1.82) is 5.41 Å². The molecular weight excluding hydrogens is 228 g/mol. The highest BCUT2D eigenvalue weighted by atomic mass is 79.9. The molecule has 0 saturated carbocycles. The molecule has 0 amide bonds. The van der Waals surface area contributed by atoms with Crippen LogP contribution in [0.2, 0.25) is 0 Å². The number of rotatable bonds is 3. The molecule has 0 heterocycles. The average molecular weight is 239 g/mol. The van der Waals surface area contributed by atoms with E-state index in [1.807, 2.05) is 25.2 Å². The molecule has 0 unspecified atom stereocenters. The second kappa shape index (κ2) is 4.23. The molecule has 2 nitrogen and oxygen atoms in total. The summed E-state index contributed by atoms with van der Waals surface area (Å²) in [5.74, 6) is 0. The number of nitrogens with one attached hydrogen (secondary N) is 2. The van der Waals surface area contributed by atoms with Gasteiger partial charge in [-0.15, -0.1) is 0 Å². The molecule has 2 N–H and O–H groups in total. The SMILES string of the molecule is C=CC(=N)c1ccc(Br)cc1NC. The van der Waals surface area contributed by atoms with Gasteiger partial charge in [0.2, 0.25) is 0 Å². The number of allylic oxidation sites excluding steroid dienone is 1. The van der Waals surface area contributed by atoms with Crippen LogP contribution in [0.4, 0.5) is 5.69 Å². The third-order valence-electron chi connectivity index (χ3n) is 1.75. The molecule has 0 saturated heterocycles. The molecule has 0 aliphatic rings. The van der Waals surface area contributed by atoms with E-state index >= 15 is 0 Å². The van der Waals surface area contributed by atoms with Crippen molar-refractivity contribution in [3.05, 3.63) is 40.9 Å². The summed E-state index contributed by atoms with van der Waals surface area (Å²) in [5.41, 5.74) is 2.22. The van der Waals surface area contributed by atoms with Gasteiger partial charge in [-0.05, 0) is 24.3 Å². The molecule has 0 aliphatic heterocycles. The smallest absolute Gasteiger partial charge is 0.0627 e. The van der Waals surface area contributed by atoms with Gasteiger partial charge in [0.1, 0.15) is 0 Å². The lowest BCUT2D eigenvalue weighted by Gasteiger charge is -2.07. The quantitative estimate of drug-likeness (QED) is 0.781. The summed E-state index contributed by atoms with van der Waals surface area (Å²) >= 11 is 3.37. The third-order valence-corrected chi connectivity index (χ3v) is 2.24. The van der Waals surface area contributed by atoms with E-state index < -0.39 is 0 Å². The van der Waals surface area contributed by atoms with E-state index in [4.69, 9.17) is 5.41 Å².